The monoisotopic (exact) mass is 278 g/mol. The molecule has 0 radical (unpaired) electrons. The third kappa shape index (κ3) is 4.65. The molecule has 106 valence electrons. The van der Waals surface area contributed by atoms with Crippen molar-refractivity contribution in [2.45, 2.75) is 19.0 Å². The molecular formula is C11H13F3N2O3. The number of hydrogen-bond acceptors (Lipinski definition) is 5. The number of aromatic nitrogens is 1. The van der Waals surface area contributed by atoms with E-state index < -0.39 is 18.6 Å². The average Bonchev–Trinajstić information content (AvgIpc) is 2.34. The third-order valence-electron chi connectivity index (χ3n) is 2.20. The number of nitrogen functional groups attached to an aromatic ring is 1. The van der Waals surface area contributed by atoms with E-state index in [1.165, 1.54) is 19.4 Å². The molecule has 0 saturated heterocycles. The molecule has 5 nitrogen and oxygen atoms in total. The van der Waals surface area contributed by atoms with E-state index >= 15 is 0 Å². The van der Waals surface area contributed by atoms with E-state index in [0.717, 1.165) is 0 Å². The summed E-state index contributed by atoms with van der Waals surface area (Å²) in [5.74, 6) is -0.745. The van der Waals surface area contributed by atoms with Gasteiger partial charge in [-0.2, -0.15) is 13.2 Å². The van der Waals surface area contributed by atoms with Crippen LogP contribution in [0.15, 0.2) is 12.3 Å². The lowest BCUT2D eigenvalue weighted by atomic mass is 10.2. The summed E-state index contributed by atoms with van der Waals surface area (Å²) >= 11 is 0. The van der Waals surface area contributed by atoms with Gasteiger partial charge in [0.2, 0.25) is 5.88 Å². The number of anilines is 1. The standard InChI is InChI=1S/C11H13F3N2O3/c1-18-10(17)7-3-5-16-9(8(7)15)19-6-2-4-11(12,13)14/h3,5H,2,4,6,15H2,1H3. The van der Waals surface area contributed by atoms with Gasteiger partial charge in [-0.3, -0.25) is 0 Å². The van der Waals surface area contributed by atoms with Crippen LogP contribution in [0.3, 0.4) is 0 Å². The Balaban J connectivity index is 2.62. The van der Waals surface area contributed by atoms with Crippen LogP contribution in [0.2, 0.25) is 0 Å². The summed E-state index contributed by atoms with van der Waals surface area (Å²) in [4.78, 5) is 15.1. The Labute approximate surface area is 107 Å². The molecule has 1 aromatic heterocycles. The van der Waals surface area contributed by atoms with E-state index in [1.807, 2.05) is 0 Å². The summed E-state index contributed by atoms with van der Waals surface area (Å²) < 4.78 is 45.3. The Bertz CT molecular complexity index is 449. The van der Waals surface area contributed by atoms with Crippen molar-refractivity contribution in [2.24, 2.45) is 0 Å². The lowest BCUT2D eigenvalue weighted by Crippen LogP contribution is -2.12. The summed E-state index contributed by atoms with van der Waals surface area (Å²) in [7, 11) is 1.19. The molecule has 1 rings (SSSR count). The van der Waals surface area contributed by atoms with E-state index in [2.05, 4.69) is 9.72 Å². The maximum Gasteiger partial charge on any atom is 0.389 e. The number of alkyl halides is 3. The lowest BCUT2D eigenvalue weighted by Gasteiger charge is -2.10. The second-order valence-electron chi connectivity index (χ2n) is 3.64. The average molecular weight is 278 g/mol. The highest BCUT2D eigenvalue weighted by Crippen LogP contribution is 2.24. The molecule has 0 saturated carbocycles. The number of pyridine rings is 1. The highest BCUT2D eigenvalue weighted by atomic mass is 19.4. The second-order valence-corrected chi connectivity index (χ2v) is 3.64. The first-order valence-corrected chi connectivity index (χ1v) is 5.37. The van der Waals surface area contributed by atoms with Gasteiger partial charge in [-0.05, 0) is 12.5 Å². The maximum absolute atomic E-state index is 11.9. The van der Waals surface area contributed by atoms with E-state index in [4.69, 9.17) is 10.5 Å². The van der Waals surface area contributed by atoms with Gasteiger partial charge >= 0.3 is 12.1 Å². The summed E-state index contributed by atoms with van der Waals surface area (Å²) in [5.41, 5.74) is 5.62. The minimum atomic E-state index is -4.23. The zero-order valence-corrected chi connectivity index (χ0v) is 10.2. The van der Waals surface area contributed by atoms with Crippen LogP contribution in [0.5, 0.6) is 5.88 Å². The number of carbonyl (C=O) groups is 1. The molecule has 0 atom stereocenters. The van der Waals surface area contributed by atoms with E-state index in [0.29, 0.717) is 0 Å². The number of nitrogens with two attached hydrogens (primary N) is 1. The van der Waals surface area contributed by atoms with Crippen molar-refractivity contribution >= 4 is 11.7 Å². The number of hydrogen-bond donors (Lipinski definition) is 1. The van der Waals surface area contributed by atoms with Crippen molar-refractivity contribution in [3.63, 3.8) is 0 Å². The molecule has 2 N–H and O–H groups in total. The molecule has 1 heterocycles. The van der Waals surface area contributed by atoms with Crippen LogP contribution in [0.4, 0.5) is 18.9 Å². The van der Waals surface area contributed by atoms with Crippen LogP contribution in [0.25, 0.3) is 0 Å². The minimum Gasteiger partial charge on any atom is -0.476 e. The topological polar surface area (TPSA) is 74.4 Å². The summed E-state index contributed by atoms with van der Waals surface area (Å²) in [6.07, 6.45) is -4.13. The minimum absolute atomic E-state index is 0.0543. The Morgan fingerprint density at radius 3 is 2.74 bits per heavy atom. The number of carbonyl (C=O) groups excluding carboxylic acids is 1. The summed E-state index contributed by atoms with van der Waals surface area (Å²) in [5, 5.41) is 0. The van der Waals surface area contributed by atoms with Crippen molar-refractivity contribution in [3.05, 3.63) is 17.8 Å². The van der Waals surface area contributed by atoms with E-state index in [-0.39, 0.29) is 30.2 Å². The zero-order valence-electron chi connectivity index (χ0n) is 10.2. The normalized spacial score (nSPS) is 11.2. The highest BCUT2D eigenvalue weighted by Gasteiger charge is 2.26. The Morgan fingerprint density at radius 2 is 2.16 bits per heavy atom. The first-order chi connectivity index (χ1) is 8.85. The van der Waals surface area contributed by atoms with Gasteiger partial charge in [0, 0.05) is 12.6 Å². The molecule has 0 aliphatic heterocycles. The van der Waals surface area contributed by atoms with Gasteiger partial charge in [-0.1, -0.05) is 0 Å². The van der Waals surface area contributed by atoms with Gasteiger partial charge in [-0.15, -0.1) is 0 Å². The molecule has 8 heteroatoms. The van der Waals surface area contributed by atoms with Crippen molar-refractivity contribution in [1.29, 1.82) is 0 Å². The number of rotatable bonds is 5. The first-order valence-electron chi connectivity index (χ1n) is 5.37. The molecule has 0 spiro atoms. The predicted octanol–water partition coefficient (Wildman–Crippen LogP) is 2.17. The Morgan fingerprint density at radius 1 is 1.47 bits per heavy atom. The SMILES string of the molecule is COC(=O)c1ccnc(OCCCC(F)(F)F)c1N. The van der Waals surface area contributed by atoms with Gasteiger partial charge in [0.15, 0.2) is 0 Å². The van der Waals surface area contributed by atoms with Gasteiger partial charge in [0.25, 0.3) is 0 Å². The molecule has 1 aromatic rings. The van der Waals surface area contributed by atoms with Crippen LogP contribution in [0.1, 0.15) is 23.2 Å². The zero-order chi connectivity index (χ0) is 14.5. The van der Waals surface area contributed by atoms with Crippen molar-refractivity contribution in [3.8, 4) is 5.88 Å². The number of methoxy groups -OCH3 is 1. The molecular weight excluding hydrogens is 265 g/mol. The fourth-order valence-electron chi connectivity index (χ4n) is 1.30. The largest absolute Gasteiger partial charge is 0.476 e. The van der Waals surface area contributed by atoms with Crippen LogP contribution in [-0.4, -0.2) is 30.8 Å². The second kappa shape index (κ2) is 6.26. The quantitative estimate of drug-likeness (QED) is 0.660. The van der Waals surface area contributed by atoms with Crippen molar-refractivity contribution < 1.29 is 27.4 Å². The fourth-order valence-corrected chi connectivity index (χ4v) is 1.30. The van der Waals surface area contributed by atoms with E-state index in [1.54, 1.807) is 0 Å². The van der Waals surface area contributed by atoms with Gasteiger partial charge in [-0.25, -0.2) is 9.78 Å². The van der Waals surface area contributed by atoms with E-state index in [9.17, 15) is 18.0 Å². The van der Waals surface area contributed by atoms with Gasteiger partial charge in [0.1, 0.15) is 5.69 Å². The number of esters is 1. The number of halogens is 3. The Hall–Kier alpha value is -1.99. The number of ether oxygens (including phenoxy) is 2. The van der Waals surface area contributed by atoms with Gasteiger partial charge in [0.05, 0.1) is 19.3 Å². The molecule has 0 aliphatic carbocycles. The third-order valence-corrected chi connectivity index (χ3v) is 2.20. The van der Waals surface area contributed by atoms with Crippen LogP contribution in [-0.2, 0) is 4.74 Å². The summed E-state index contributed by atoms with van der Waals surface area (Å²) in [6, 6.07) is 1.34. The Kier molecular flexibility index (Phi) is 4.96. The lowest BCUT2D eigenvalue weighted by molar-refractivity contribution is -0.136. The molecule has 0 aromatic carbocycles. The predicted molar refractivity (Wildman–Crippen MR) is 60.8 cm³/mol. The first kappa shape index (κ1) is 15.1. The van der Waals surface area contributed by atoms with Crippen LogP contribution < -0.4 is 10.5 Å². The molecule has 19 heavy (non-hydrogen) atoms. The fraction of sp³-hybridized carbons (Fsp3) is 0.455. The molecule has 0 aliphatic rings. The summed E-state index contributed by atoms with van der Waals surface area (Å²) in [6.45, 7) is -0.193. The molecule has 0 unspecified atom stereocenters. The van der Waals surface area contributed by atoms with Crippen LogP contribution >= 0.6 is 0 Å². The van der Waals surface area contributed by atoms with Crippen molar-refractivity contribution in [1.82, 2.24) is 4.98 Å². The van der Waals surface area contributed by atoms with Crippen molar-refractivity contribution in [2.75, 3.05) is 19.5 Å². The van der Waals surface area contributed by atoms with Crippen LogP contribution in [0, 0.1) is 0 Å². The van der Waals surface area contributed by atoms with Gasteiger partial charge < -0.3 is 15.2 Å². The maximum atomic E-state index is 11.9. The number of nitrogens with zero attached hydrogens (tertiary/aromatic N) is 1. The smallest absolute Gasteiger partial charge is 0.389 e. The molecule has 0 fully saturated rings. The molecule has 0 amide bonds. The highest BCUT2D eigenvalue weighted by molar-refractivity contribution is 5.95. The molecule has 0 bridgehead atoms.